The zero-order chi connectivity index (χ0) is 22.6. The van der Waals surface area contributed by atoms with Crippen LogP contribution < -0.4 is 4.72 Å². The minimum Gasteiger partial charge on any atom is -0.306 e. The zero-order valence-electron chi connectivity index (χ0n) is 17.9. The second-order valence-electron chi connectivity index (χ2n) is 7.73. The second-order valence-corrected chi connectivity index (χ2v) is 10.1. The Labute approximate surface area is 187 Å². The first-order valence-corrected chi connectivity index (χ1v) is 11.9. The minimum atomic E-state index is -3.27. The van der Waals surface area contributed by atoms with E-state index in [1.54, 1.807) is 26.4 Å². The third-order valence-corrected chi connectivity index (χ3v) is 7.10. The van der Waals surface area contributed by atoms with E-state index in [1.165, 1.54) is 0 Å². The third kappa shape index (κ3) is 4.92. The maximum atomic E-state index is 12.0. The highest BCUT2D eigenvalue weighted by atomic mass is 32.2. The molecule has 2 heterocycles. The number of rotatable bonds is 9. The standard InChI is InChI=1S/C22H25N7O2S/c1-16(2)32(30,31)24-11-3-4-18-14-19(22-25-27-28-26-22)7-10-21(18)17-5-8-20(9-6-17)29-13-12-23-15-29/h5-10,12-16,24H,3-4,11H2,1-2H3,(H,25,26,27,28). The summed E-state index contributed by atoms with van der Waals surface area (Å²) in [6.07, 6.45) is 6.78. The lowest BCUT2D eigenvalue weighted by atomic mass is 9.94. The number of aromatic amines is 1. The smallest absolute Gasteiger partial charge is 0.213 e. The number of hydrogen-bond acceptors (Lipinski definition) is 6. The number of sulfonamides is 1. The van der Waals surface area contributed by atoms with E-state index in [2.05, 4.69) is 54.6 Å². The average Bonchev–Trinajstić information content (AvgIpc) is 3.51. The molecule has 2 aromatic carbocycles. The van der Waals surface area contributed by atoms with Gasteiger partial charge < -0.3 is 4.57 Å². The van der Waals surface area contributed by atoms with Gasteiger partial charge in [0.25, 0.3) is 0 Å². The fraction of sp³-hybridized carbons (Fsp3) is 0.273. The molecule has 9 nitrogen and oxygen atoms in total. The first-order valence-electron chi connectivity index (χ1n) is 10.4. The number of aryl methyl sites for hydroxylation is 1. The first-order chi connectivity index (χ1) is 15.4. The van der Waals surface area contributed by atoms with Gasteiger partial charge in [0.05, 0.1) is 11.6 Å². The van der Waals surface area contributed by atoms with Crippen molar-refractivity contribution in [2.24, 2.45) is 0 Å². The van der Waals surface area contributed by atoms with Gasteiger partial charge >= 0.3 is 0 Å². The zero-order valence-corrected chi connectivity index (χ0v) is 18.7. The topological polar surface area (TPSA) is 118 Å². The molecular weight excluding hydrogens is 426 g/mol. The van der Waals surface area contributed by atoms with Crippen LogP contribution >= 0.6 is 0 Å². The maximum Gasteiger partial charge on any atom is 0.213 e. The molecule has 0 aliphatic carbocycles. The summed E-state index contributed by atoms with van der Waals surface area (Å²) in [5.74, 6) is 0.591. The van der Waals surface area contributed by atoms with Gasteiger partial charge in [0.1, 0.15) is 0 Å². The summed E-state index contributed by atoms with van der Waals surface area (Å²) in [6.45, 7) is 3.72. The summed E-state index contributed by atoms with van der Waals surface area (Å²) < 4.78 is 28.7. The molecule has 2 N–H and O–H groups in total. The Morgan fingerprint density at radius 1 is 1.09 bits per heavy atom. The summed E-state index contributed by atoms with van der Waals surface area (Å²) in [5, 5.41) is 13.7. The molecule has 0 atom stereocenters. The predicted octanol–water partition coefficient (Wildman–Crippen LogP) is 2.98. The molecule has 32 heavy (non-hydrogen) atoms. The Hall–Kier alpha value is -3.37. The molecule has 0 aliphatic heterocycles. The Balaban J connectivity index is 1.58. The molecule has 0 spiro atoms. The van der Waals surface area contributed by atoms with E-state index in [0.29, 0.717) is 25.2 Å². The first kappa shape index (κ1) is 21.8. The van der Waals surface area contributed by atoms with E-state index in [9.17, 15) is 8.42 Å². The SMILES string of the molecule is CC(C)S(=O)(=O)NCCCc1cc(-c2nnn[nH]2)ccc1-c1ccc(-n2ccnc2)cc1. The van der Waals surface area contributed by atoms with E-state index in [4.69, 9.17) is 0 Å². The number of nitrogens with zero attached hydrogens (tertiary/aromatic N) is 5. The molecule has 10 heteroatoms. The van der Waals surface area contributed by atoms with Crippen molar-refractivity contribution < 1.29 is 8.42 Å². The van der Waals surface area contributed by atoms with Gasteiger partial charge in [-0.2, -0.15) is 0 Å². The molecule has 166 valence electrons. The fourth-order valence-corrected chi connectivity index (χ4v) is 4.16. The molecular formula is C22H25N7O2S. The summed E-state index contributed by atoms with van der Waals surface area (Å²) in [5.41, 5.74) is 5.17. The van der Waals surface area contributed by atoms with Crippen LogP contribution in [0.25, 0.3) is 28.2 Å². The molecule has 0 saturated heterocycles. The fourth-order valence-electron chi connectivity index (χ4n) is 3.40. The van der Waals surface area contributed by atoms with E-state index in [1.807, 2.05) is 29.0 Å². The van der Waals surface area contributed by atoms with Gasteiger partial charge in [0.2, 0.25) is 10.0 Å². The van der Waals surface area contributed by atoms with Crippen molar-refractivity contribution in [1.29, 1.82) is 0 Å². The van der Waals surface area contributed by atoms with Crippen molar-refractivity contribution in [3.05, 3.63) is 66.7 Å². The number of imidazole rings is 1. The van der Waals surface area contributed by atoms with Crippen LogP contribution in [0.15, 0.2) is 61.2 Å². The van der Waals surface area contributed by atoms with Gasteiger partial charge in [0.15, 0.2) is 5.82 Å². The Morgan fingerprint density at radius 2 is 1.88 bits per heavy atom. The Kier molecular flexibility index (Phi) is 6.42. The molecule has 4 aromatic rings. The Morgan fingerprint density at radius 3 is 2.53 bits per heavy atom. The van der Waals surface area contributed by atoms with Crippen molar-refractivity contribution in [3.63, 3.8) is 0 Å². The lowest BCUT2D eigenvalue weighted by molar-refractivity contribution is 0.570. The Bertz CT molecular complexity index is 1250. The molecule has 0 amide bonds. The normalized spacial score (nSPS) is 11.8. The molecule has 0 unspecified atom stereocenters. The quantitative estimate of drug-likeness (QED) is 0.378. The van der Waals surface area contributed by atoms with Crippen LogP contribution in [0.2, 0.25) is 0 Å². The van der Waals surface area contributed by atoms with Crippen molar-refractivity contribution in [2.45, 2.75) is 31.9 Å². The van der Waals surface area contributed by atoms with Crippen molar-refractivity contribution in [2.75, 3.05) is 6.54 Å². The molecule has 0 fully saturated rings. The summed E-state index contributed by atoms with van der Waals surface area (Å²) in [6, 6.07) is 14.3. The minimum absolute atomic E-state index is 0.383. The van der Waals surface area contributed by atoms with Crippen molar-refractivity contribution >= 4 is 10.0 Å². The van der Waals surface area contributed by atoms with Gasteiger partial charge in [-0.1, -0.05) is 24.3 Å². The van der Waals surface area contributed by atoms with Gasteiger partial charge in [-0.05, 0) is 72.0 Å². The van der Waals surface area contributed by atoms with E-state index in [-0.39, 0.29) is 0 Å². The summed E-state index contributed by atoms with van der Waals surface area (Å²) >= 11 is 0. The van der Waals surface area contributed by atoms with E-state index in [0.717, 1.165) is 27.9 Å². The van der Waals surface area contributed by atoms with Crippen LogP contribution in [-0.2, 0) is 16.4 Å². The predicted molar refractivity (Wildman–Crippen MR) is 123 cm³/mol. The number of aromatic nitrogens is 6. The van der Waals surface area contributed by atoms with Crippen LogP contribution in [-0.4, -0.2) is 50.4 Å². The summed E-state index contributed by atoms with van der Waals surface area (Å²) in [7, 11) is -3.27. The molecule has 0 radical (unpaired) electrons. The van der Waals surface area contributed by atoms with Crippen LogP contribution in [0.3, 0.4) is 0 Å². The average molecular weight is 452 g/mol. The molecule has 0 saturated carbocycles. The molecule has 2 aromatic heterocycles. The highest BCUT2D eigenvalue weighted by Gasteiger charge is 2.15. The number of hydrogen-bond donors (Lipinski definition) is 2. The third-order valence-electron chi connectivity index (χ3n) is 5.25. The van der Waals surface area contributed by atoms with Crippen LogP contribution in [0.1, 0.15) is 25.8 Å². The monoisotopic (exact) mass is 451 g/mol. The highest BCUT2D eigenvalue weighted by molar-refractivity contribution is 7.90. The molecule has 0 aliphatic rings. The van der Waals surface area contributed by atoms with Gasteiger partial charge in [-0.25, -0.2) is 23.2 Å². The van der Waals surface area contributed by atoms with Crippen LogP contribution in [0, 0.1) is 0 Å². The number of H-pyrrole nitrogens is 1. The maximum absolute atomic E-state index is 12.0. The summed E-state index contributed by atoms with van der Waals surface area (Å²) in [4.78, 5) is 4.09. The largest absolute Gasteiger partial charge is 0.306 e. The van der Waals surface area contributed by atoms with E-state index < -0.39 is 15.3 Å². The van der Waals surface area contributed by atoms with Gasteiger partial charge in [-0.15, -0.1) is 5.10 Å². The second kappa shape index (κ2) is 9.41. The van der Waals surface area contributed by atoms with E-state index >= 15 is 0 Å². The molecule has 0 bridgehead atoms. The van der Waals surface area contributed by atoms with Gasteiger partial charge in [-0.3, -0.25) is 0 Å². The lowest BCUT2D eigenvalue weighted by Gasteiger charge is -2.13. The van der Waals surface area contributed by atoms with Crippen molar-refractivity contribution in [3.8, 4) is 28.2 Å². The van der Waals surface area contributed by atoms with Crippen molar-refractivity contribution in [1.82, 2.24) is 34.9 Å². The highest BCUT2D eigenvalue weighted by Crippen LogP contribution is 2.29. The number of tetrazole rings is 1. The lowest BCUT2D eigenvalue weighted by Crippen LogP contribution is -2.31. The van der Waals surface area contributed by atoms with Gasteiger partial charge in [0, 0.05) is 30.2 Å². The number of nitrogens with one attached hydrogen (secondary N) is 2. The molecule has 4 rings (SSSR count). The van der Waals surface area contributed by atoms with Crippen LogP contribution in [0.4, 0.5) is 0 Å². The number of benzene rings is 2. The van der Waals surface area contributed by atoms with Crippen LogP contribution in [0.5, 0.6) is 0 Å².